The molecule has 0 fully saturated rings. The SMILES string of the molecule is CCOc1nc(Oc2ccc(OC)cc2Br)ccc1N. The lowest BCUT2D eigenvalue weighted by atomic mass is 10.3. The highest BCUT2D eigenvalue weighted by Crippen LogP contribution is 2.33. The van der Waals surface area contributed by atoms with Crippen LogP contribution in [0.5, 0.6) is 23.3 Å². The summed E-state index contributed by atoms with van der Waals surface area (Å²) in [6.45, 7) is 2.36. The zero-order valence-corrected chi connectivity index (χ0v) is 12.8. The number of nitrogens with two attached hydrogens (primary N) is 1. The van der Waals surface area contributed by atoms with Crippen molar-refractivity contribution in [1.29, 1.82) is 0 Å². The third kappa shape index (κ3) is 3.33. The quantitative estimate of drug-likeness (QED) is 0.901. The molecule has 0 amide bonds. The van der Waals surface area contributed by atoms with E-state index in [2.05, 4.69) is 20.9 Å². The number of aromatic nitrogens is 1. The number of hydrogen-bond acceptors (Lipinski definition) is 5. The van der Waals surface area contributed by atoms with Crippen LogP contribution in [0.15, 0.2) is 34.8 Å². The van der Waals surface area contributed by atoms with Gasteiger partial charge in [0.05, 0.1) is 23.9 Å². The Morgan fingerprint density at radius 2 is 2.05 bits per heavy atom. The van der Waals surface area contributed by atoms with Gasteiger partial charge in [-0.05, 0) is 47.1 Å². The maximum atomic E-state index is 5.77. The molecule has 2 N–H and O–H groups in total. The molecule has 1 aromatic heterocycles. The van der Waals surface area contributed by atoms with Gasteiger partial charge in [0.15, 0.2) is 0 Å². The fourth-order valence-corrected chi connectivity index (χ4v) is 1.99. The molecule has 0 saturated heterocycles. The van der Waals surface area contributed by atoms with Crippen LogP contribution in [0.2, 0.25) is 0 Å². The fourth-order valence-electron chi connectivity index (χ4n) is 1.55. The van der Waals surface area contributed by atoms with Gasteiger partial charge in [-0.15, -0.1) is 0 Å². The molecule has 0 bridgehead atoms. The van der Waals surface area contributed by atoms with E-state index in [9.17, 15) is 0 Å². The van der Waals surface area contributed by atoms with E-state index in [1.54, 1.807) is 31.4 Å². The lowest BCUT2D eigenvalue weighted by molar-refractivity contribution is 0.323. The van der Waals surface area contributed by atoms with E-state index in [0.717, 1.165) is 10.2 Å². The molecule has 6 heteroatoms. The molecule has 1 heterocycles. The molecule has 0 aliphatic heterocycles. The number of nitrogen functional groups attached to an aromatic ring is 1. The van der Waals surface area contributed by atoms with Gasteiger partial charge in [-0.25, -0.2) is 0 Å². The molecule has 2 aromatic rings. The Kier molecular flexibility index (Phi) is 4.68. The second-order valence-electron chi connectivity index (χ2n) is 3.88. The summed E-state index contributed by atoms with van der Waals surface area (Å²) < 4.78 is 16.9. The Morgan fingerprint density at radius 1 is 1.25 bits per heavy atom. The second kappa shape index (κ2) is 6.47. The summed E-state index contributed by atoms with van der Waals surface area (Å²) in [5, 5.41) is 0. The summed E-state index contributed by atoms with van der Waals surface area (Å²) in [6.07, 6.45) is 0. The Hall–Kier alpha value is -1.95. The molecule has 106 valence electrons. The highest BCUT2D eigenvalue weighted by atomic mass is 79.9. The molecule has 1 aromatic carbocycles. The topological polar surface area (TPSA) is 66.6 Å². The average molecular weight is 339 g/mol. The Labute approximate surface area is 125 Å². The minimum atomic E-state index is 0.370. The average Bonchev–Trinajstić information content (AvgIpc) is 2.45. The van der Waals surface area contributed by atoms with Gasteiger partial charge in [-0.1, -0.05) is 0 Å². The Balaban J connectivity index is 2.23. The number of pyridine rings is 1. The van der Waals surface area contributed by atoms with Gasteiger partial charge in [0, 0.05) is 6.07 Å². The molecule has 0 radical (unpaired) electrons. The summed E-state index contributed by atoms with van der Waals surface area (Å²) in [7, 11) is 1.61. The first kappa shape index (κ1) is 14.5. The highest BCUT2D eigenvalue weighted by Gasteiger charge is 2.08. The predicted molar refractivity (Wildman–Crippen MR) is 80.6 cm³/mol. The van der Waals surface area contributed by atoms with Gasteiger partial charge in [-0.2, -0.15) is 4.98 Å². The van der Waals surface area contributed by atoms with Gasteiger partial charge >= 0.3 is 0 Å². The largest absolute Gasteiger partial charge is 0.497 e. The fraction of sp³-hybridized carbons (Fsp3) is 0.214. The summed E-state index contributed by atoms with van der Waals surface area (Å²) in [4.78, 5) is 4.22. The van der Waals surface area contributed by atoms with Crippen molar-refractivity contribution >= 4 is 21.6 Å². The van der Waals surface area contributed by atoms with Gasteiger partial charge in [0.1, 0.15) is 11.5 Å². The van der Waals surface area contributed by atoms with Crippen LogP contribution in [-0.2, 0) is 0 Å². The summed E-state index contributed by atoms with van der Waals surface area (Å²) in [6, 6.07) is 8.80. The molecular weight excluding hydrogens is 324 g/mol. The number of hydrogen-bond donors (Lipinski definition) is 1. The lowest BCUT2D eigenvalue weighted by Crippen LogP contribution is -2.00. The monoisotopic (exact) mass is 338 g/mol. The van der Waals surface area contributed by atoms with E-state index >= 15 is 0 Å². The number of ether oxygens (including phenoxy) is 3. The van der Waals surface area contributed by atoms with Crippen molar-refractivity contribution < 1.29 is 14.2 Å². The van der Waals surface area contributed by atoms with Gasteiger partial charge in [0.2, 0.25) is 11.8 Å². The van der Waals surface area contributed by atoms with Gasteiger partial charge in [0.25, 0.3) is 0 Å². The van der Waals surface area contributed by atoms with E-state index in [-0.39, 0.29) is 0 Å². The van der Waals surface area contributed by atoms with Crippen LogP contribution < -0.4 is 19.9 Å². The molecule has 20 heavy (non-hydrogen) atoms. The zero-order chi connectivity index (χ0) is 14.5. The minimum Gasteiger partial charge on any atom is -0.497 e. The van der Waals surface area contributed by atoms with Crippen molar-refractivity contribution in [3.8, 4) is 23.3 Å². The number of halogens is 1. The minimum absolute atomic E-state index is 0.370. The molecule has 0 saturated carbocycles. The van der Waals surface area contributed by atoms with Crippen LogP contribution in [0.4, 0.5) is 5.69 Å². The highest BCUT2D eigenvalue weighted by molar-refractivity contribution is 9.10. The molecule has 0 aliphatic rings. The smallest absolute Gasteiger partial charge is 0.240 e. The lowest BCUT2D eigenvalue weighted by Gasteiger charge is -2.10. The molecule has 0 aliphatic carbocycles. The molecule has 0 spiro atoms. The third-order valence-corrected chi connectivity index (χ3v) is 3.12. The third-order valence-electron chi connectivity index (χ3n) is 2.50. The standard InChI is InChI=1S/C14H15BrN2O3/c1-3-19-14-11(16)5-7-13(17-14)20-12-6-4-9(18-2)8-10(12)15/h4-8H,3,16H2,1-2H3. The van der Waals surface area contributed by atoms with Crippen molar-refractivity contribution in [2.45, 2.75) is 6.92 Å². The van der Waals surface area contributed by atoms with Gasteiger partial charge < -0.3 is 19.9 Å². The van der Waals surface area contributed by atoms with E-state index in [1.165, 1.54) is 0 Å². The van der Waals surface area contributed by atoms with Crippen LogP contribution in [-0.4, -0.2) is 18.7 Å². The van der Waals surface area contributed by atoms with Crippen molar-refractivity contribution in [1.82, 2.24) is 4.98 Å². The van der Waals surface area contributed by atoms with Crippen LogP contribution in [0.1, 0.15) is 6.92 Å². The number of benzene rings is 1. The zero-order valence-electron chi connectivity index (χ0n) is 11.2. The van der Waals surface area contributed by atoms with Crippen LogP contribution in [0, 0.1) is 0 Å². The van der Waals surface area contributed by atoms with Crippen molar-refractivity contribution in [3.05, 3.63) is 34.8 Å². The van der Waals surface area contributed by atoms with Crippen LogP contribution in [0.3, 0.4) is 0 Å². The molecule has 5 nitrogen and oxygen atoms in total. The van der Waals surface area contributed by atoms with E-state index < -0.39 is 0 Å². The normalized spacial score (nSPS) is 10.2. The number of nitrogens with zero attached hydrogens (tertiary/aromatic N) is 1. The number of rotatable bonds is 5. The van der Waals surface area contributed by atoms with Crippen molar-refractivity contribution in [2.75, 3.05) is 19.5 Å². The first-order chi connectivity index (χ1) is 9.63. The molecule has 0 atom stereocenters. The number of anilines is 1. The van der Waals surface area contributed by atoms with Gasteiger partial charge in [-0.3, -0.25) is 0 Å². The maximum Gasteiger partial charge on any atom is 0.240 e. The number of methoxy groups -OCH3 is 1. The van der Waals surface area contributed by atoms with E-state index in [4.69, 9.17) is 19.9 Å². The van der Waals surface area contributed by atoms with E-state index in [1.807, 2.05) is 13.0 Å². The summed E-state index contributed by atoms with van der Waals surface area (Å²) in [5.74, 6) is 2.15. The summed E-state index contributed by atoms with van der Waals surface area (Å²) >= 11 is 3.42. The van der Waals surface area contributed by atoms with Crippen LogP contribution >= 0.6 is 15.9 Å². The Bertz CT molecular complexity index is 605. The maximum absolute atomic E-state index is 5.77. The van der Waals surface area contributed by atoms with Crippen LogP contribution in [0.25, 0.3) is 0 Å². The molecule has 2 rings (SSSR count). The summed E-state index contributed by atoms with van der Waals surface area (Å²) in [5.41, 5.74) is 6.25. The Morgan fingerprint density at radius 3 is 2.70 bits per heavy atom. The first-order valence-electron chi connectivity index (χ1n) is 6.04. The first-order valence-corrected chi connectivity index (χ1v) is 6.84. The predicted octanol–water partition coefficient (Wildman–Crippen LogP) is 3.63. The second-order valence-corrected chi connectivity index (χ2v) is 4.73. The van der Waals surface area contributed by atoms with Crippen molar-refractivity contribution in [3.63, 3.8) is 0 Å². The molecule has 0 unspecified atom stereocenters. The van der Waals surface area contributed by atoms with E-state index in [0.29, 0.717) is 29.8 Å². The van der Waals surface area contributed by atoms with Crippen molar-refractivity contribution in [2.24, 2.45) is 0 Å². The molecular formula is C14H15BrN2O3.